The molecule has 1 N–H and O–H groups in total. The second kappa shape index (κ2) is 3.53. The Balaban J connectivity index is 3.91. The van der Waals surface area contributed by atoms with Gasteiger partial charge in [-0.3, -0.25) is 0 Å². The Hall–Kier alpha value is -0.110. The van der Waals surface area contributed by atoms with Crippen molar-refractivity contribution in [2.75, 3.05) is 13.6 Å². The molecule has 0 aliphatic carbocycles. The molecule has 1 nitrogen and oxygen atoms in total. The minimum Gasteiger partial charge on any atom is -0.317 e. The lowest BCUT2D eigenvalue weighted by molar-refractivity contribution is 0.119. The first-order valence-electron chi connectivity index (χ1n) is 4.10. The van der Waals surface area contributed by atoms with Gasteiger partial charge in [-0.2, -0.15) is 0 Å². The van der Waals surface area contributed by atoms with E-state index in [2.05, 4.69) is 26.1 Å². The second-order valence-electron chi connectivity index (χ2n) is 4.68. The molecule has 0 aliphatic rings. The maximum atomic E-state index is 13.5. The SMILES string of the molecule is CNCC(C)(F)CC(C)(C)C. The monoisotopic (exact) mass is 161 g/mol. The summed E-state index contributed by atoms with van der Waals surface area (Å²) in [6, 6.07) is 0. The van der Waals surface area contributed by atoms with E-state index >= 15 is 0 Å². The van der Waals surface area contributed by atoms with E-state index in [0.29, 0.717) is 13.0 Å². The van der Waals surface area contributed by atoms with Crippen LogP contribution in [-0.4, -0.2) is 19.3 Å². The summed E-state index contributed by atoms with van der Waals surface area (Å²) in [6.07, 6.45) is 0.598. The van der Waals surface area contributed by atoms with Gasteiger partial charge in [0.1, 0.15) is 5.67 Å². The van der Waals surface area contributed by atoms with Gasteiger partial charge in [0.2, 0.25) is 0 Å². The molecular formula is C9H20FN. The predicted octanol–water partition coefficient (Wildman–Crippen LogP) is 2.37. The first-order chi connectivity index (χ1) is 4.77. The van der Waals surface area contributed by atoms with Gasteiger partial charge in [0.25, 0.3) is 0 Å². The zero-order valence-electron chi connectivity index (χ0n) is 8.29. The largest absolute Gasteiger partial charge is 0.317 e. The Labute approximate surface area is 69.4 Å². The molecule has 1 unspecified atom stereocenters. The molecule has 0 aromatic carbocycles. The fourth-order valence-electron chi connectivity index (χ4n) is 1.54. The molecule has 0 aromatic heterocycles. The van der Waals surface area contributed by atoms with Gasteiger partial charge in [-0.1, -0.05) is 20.8 Å². The highest BCUT2D eigenvalue weighted by molar-refractivity contribution is 4.81. The van der Waals surface area contributed by atoms with Crippen LogP contribution in [0.2, 0.25) is 0 Å². The average molecular weight is 161 g/mol. The molecule has 68 valence electrons. The molecule has 0 amide bonds. The van der Waals surface area contributed by atoms with Crippen molar-refractivity contribution in [1.29, 1.82) is 0 Å². The van der Waals surface area contributed by atoms with Crippen LogP contribution in [0.25, 0.3) is 0 Å². The fourth-order valence-corrected chi connectivity index (χ4v) is 1.54. The lowest BCUT2D eigenvalue weighted by Crippen LogP contribution is -2.35. The van der Waals surface area contributed by atoms with Gasteiger partial charge in [-0.05, 0) is 25.8 Å². The molecule has 1 atom stereocenters. The lowest BCUT2D eigenvalue weighted by atomic mass is 9.84. The third-order valence-electron chi connectivity index (χ3n) is 1.44. The van der Waals surface area contributed by atoms with Crippen molar-refractivity contribution in [3.05, 3.63) is 0 Å². The van der Waals surface area contributed by atoms with Gasteiger partial charge in [0.15, 0.2) is 0 Å². The maximum absolute atomic E-state index is 13.5. The Morgan fingerprint density at radius 2 is 1.64 bits per heavy atom. The third kappa shape index (κ3) is 6.29. The highest BCUT2D eigenvalue weighted by atomic mass is 19.1. The Bertz CT molecular complexity index is 113. The second-order valence-corrected chi connectivity index (χ2v) is 4.68. The third-order valence-corrected chi connectivity index (χ3v) is 1.44. The van der Waals surface area contributed by atoms with Gasteiger partial charge in [0.05, 0.1) is 0 Å². The summed E-state index contributed by atoms with van der Waals surface area (Å²) >= 11 is 0. The molecular weight excluding hydrogens is 141 g/mol. The zero-order valence-corrected chi connectivity index (χ0v) is 8.29. The van der Waals surface area contributed by atoms with E-state index in [9.17, 15) is 4.39 Å². The van der Waals surface area contributed by atoms with Crippen LogP contribution in [0.15, 0.2) is 0 Å². The normalized spacial score (nSPS) is 18.0. The van der Waals surface area contributed by atoms with Crippen molar-refractivity contribution < 1.29 is 4.39 Å². The summed E-state index contributed by atoms with van der Waals surface area (Å²) in [5.74, 6) is 0. The minimum atomic E-state index is -1.08. The fraction of sp³-hybridized carbons (Fsp3) is 1.00. The van der Waals surface area contributed by atoms with E-state index in [1.165, 1.54) is 0 Å². The summed E-state index contributed by atoms with van der Waals surface area (Å²) in [5.41, 5.74) is -1.01. The lowest BCUT2D eigenvalue weighted by Gasteiger charge is -2.28. The molecule has 0 rings (SSSR count). The van der Waals surface area contributed by atoms with Crippen LogP contribution in [0.1, 0.15) is 34.1 Å². The number of hydrogen-bond acceptors (Lipinski definition) is 1. The van der Waals surface area contributed by atoms with Crippen LogP contribution in [0.5, 0.6) is 0 Å². The highest BCUT2D eigenvalue weighted by Gasteiger charge is 2.28. The molecule has 0 saturated carbocycles. The van der Waals surface area contributed by atoms with Gasteiger partial charge < -0.3 is 5.32 Å². The van der Waals surface area contributed by atoms with E-state index in [0.717, 1.165) is 0 Å². The van der Waals surface area contributed by atoms with Crippen LogP contribution in [0.3, 0.4) is 0 Å². The number of halogens is 1. The van der Waals surface area contributed by atoms with Gasteiger partial charge in [-0.25, -0.2) is 4.39 Å². The van der Waals surface area contributed by atoms with E-state index in [1.807, 2.05) is 0 Å². The molecule has 0 aliphatic heterocycles. The first kappa shape index (κ1) is 10.9. The molecule has 0 heterocycles. The van der Waals surface area contributed by atoms with Crippen molar-refractivity contribution in [2.24, 2.45) is 5.41 Å². The van der Waals surface area contributed by atoms with Crippen LogP contribution in [0.4, 0.5) is 4.39 Å². The average Bonchev–Trinajstić information content (AvgIpc) is 1.55. The van der Waals surface area contributed by atoms with E-state index in [4.69, 9.17) is 0 Å². The van der Waals surface area contributed by atoms with Crippen molar-refractivity contribution >= 4 is 0 Å². The van der Waals surface area contributed by atoms with Crippen molar-refractivity contribution in [3.8, 4) is 0 Å². The number of nitrogens with one attached hydrogen (secondary N) is 1. The predicted molar refractivity (Wildman–Crippen MR) is 47.5 cm³/mol. The first-order valence-corrected chi connectivity index (χ1v) is 4.10. The van der Waals surface area contributed by atoms with Gasteiger partial charge in [-0.15, -0.1) is 0 Å². The summed E-state index contributed by atoms with van der Waals surface area (Å²) in [7, 11) is 1.78. The zero-order chi connectivity index (χ0) is 9.12. The summed E-state index contributed by atoms with van der Waals surface area (Å²) in [4.78, 5) is 0. The smallest absolute Gasteiger partial charge is 0.121 e. The maximum Gasteiger partial charge on any atom is 0.121 e. The molecule has 0 fully saturated rings. The van der Waals surface area contributed by atoms with Gasteiger partial charge >= 0.3 is 0 Å². The molecule has 11 heavy (non-hydrogen) atoms. The molecule has 2 heteroatoms. The van der Waals surface area contributed by atoms with Crippen molar-refractivity contribution in [2.45, 2.75) is 39.8 Å². The van der Waals surface area contributed by atoms with Gasteiger partial charge in [0, 0.05) is 6.54 Å². The summed E-state index contributed by atoms with van der Waals surface area (Å²) in [5, 5.41) is 2.86. The van der Waals surface area contributed by atoms with Crippen LogP contribution >= 0.6 is 0 Å². The highest BCUT2D eigenvalue weighted by Crippen LogP contribution is 2.29. The number of alkyl halides is 1. The summed E-state index contributed by atoms with van der Waals surface area (Å²) in [6.45, 7) is 8.25. The minimum absolute atomic E-state index is 0.0698. The quantitative estimate of drug-likeness (QED) is 0.670. The Kier molecular flexibility index (Phi) is 3.49. The summed E-state index contributed by atoms with van der Waals surface area (Å²) < 4.78 is 13.5. The van der Waals surface area contributed by atoms with Crippen LogP contribution in [0, 0.1) is 5.41 Å². The number of rotatable bonds is 3. The van der Waals surface area contributed by atoms with Crippen molar-refractivity contribution in [3.63, 3.8) is 0 Å². The molecule has 0 bridgehead atoms. The number of hydrogen-bond donors (Lipinski definition) is 1. The Morgan fingerprint density at radius 3 is 1.91 bits per heavy atom. The molecule has 0 radical (unpaired) electrons. The van der Waals surface area contributed by atoms with Crippen LogP contribution < -0.4 is 5.32 Å². The van der Waals surface area contributed by atoms with Crippen molar-refractivity contribution in [1.82, 2.24) is 5.32 Å². The van der Waals surface area contributed by atoms with Crippen LogP contribution in [-0.2, 0) is 0 Å². The Morgan fingerprint density at radius 1 is 1.18 bits per heavy atom. The van der Waals surface area contributed by atoms with E-state index < -0.39 is 5.67 Å². The molecule has 0 spiro atoms. The molecule has 0 saturated heterocycles. The topological polar surface area (TPSA) is 12.0 Å². The standard InChI is InChI=1S/C9H20FN/c1-8(2,3)6-9(4,10)7-11-5/h11H,6-7H2,1-5H3. The molecule has 0 aromatic rings. The van der Waals surface area contributed by atoms with E-state index in [-0.39, 0.29) is 5.41 Å². The van der Waals surface area contributed by atoms with E-state index in [1.54, 1.807) is 14.0 Å².